The number of anilines is 1. The smallest absolute Gasteiger partial charge is 0.404 e. The first-order chi connectivity index (χ1) is 46.3. The van der Waals surface area contributed by atoms with Gasteiger partial charge in [-0.1, -0.05) is 27.7 Å². The molecule has 26 N–H and O–H groups in total. The lowest BCUT2D eigenvalue weighted by Crippen LogP contribution is -2.63. The molecule has 98 heavy (non-hydrogen) atoms. The number of nitrogens with one attached hydrogen (secondary N) is 7. The molecule has 2 aliphatic heterocycles. The van der Waals surface area contributed by atoms with Crippen molar-refractivity contribution in [1.82, 2.24) is 61.8 Å². The lowest BCUT2D eigenvalue weighted by Gasteiger charge is -2.48. The largest absolute Gasteiger partial charge is 0.441 e. The molecule has 4 aromatic heterocycles. The number of primary amides is 3. The summed E-state index contributed by atoms with van der Waals surface area (Å²) < 4.78 is 30.6. The Kier molecular flexibility index (Phi) is 29.4. The minimum absolute atomic E-state index is 0.00652. The molecule has 0 saturated carbocycles. The van der Waals surface area contributed by atoms with Crippen LogP contribution in [-0.4, -0.2) is 227 Å². The topological polar surface area (TPSA) is 631 Å². The number of hydrogen-bond donors (Lipinski definition) is 19. The number of aromatic amines is 1. The fourth-order valence-corrected chi connectivity index (χ4v) is 12.2. The molecular weight excluding hydrogens is 1330 g/mol. The number of hydrogen-bond acceptors (Lipinski definition) is 29. The van der Waals surface area contributed by atoms with Crippen molar-refractivity contribution in [2.75, 3.05) is 38.5 Å². The maximum absolute atomic E-state index is 15.3. The van der Waals surface area contributed by atoms with Gasteiger partial charge in [0.05, 0.1) is 72.2 Å². The van der Waals surface area contributed by atoms with Crippen molar-refractivity contribution in [3.63, 3.8) is 0 Å². The molecule has 6 rings (SSSR count). The number of aliphatic hydroxyl groups excluding tert-OH is 5. The highest BCUT2D eigenvalue weighted by Gasteiger charge is 2.52. The number of carbonyl (C=O) groups excluding carboxylic acids is 8. The summed E-state index contributed by atoms with van der Waals surface area (Å²) in [5, 5.41) is 75.8. The molecule has 0 spiro atoms. The zero-order valence-electron chi connectivity index (χ0n) is 54.9. The number of guanidine groups is 1. The summed E-state index contributed by atoms with van der Waals surface area (Å²) >= 11 is 2.50. The summed E-state index contributed by atoms with van der Waals surface area (Å²) in [5.41, 5.74) is 39.4. The maximum Gasteiger partial charge on any atom is 0.404 e. The van der Waals surface area contributed by atoms with Crippen molar-refractivity contribution >= 4 is 81.9 Å². The highest BCUT2D eigenvalue weighted by Crippen LogP contribution is 2.40. The van der Waals surface area contributed by atoms with Crippen LogP contribution in [-0.2, 0) is 54.1 Å². The van der Waals surface area contributed by atoms with Gasteiger partial charge in [-0.15, -0.1) is 22.7 Å². The fourth-order valence-electron chi connectivity index (χ4n) is 10.6. The SMILES string of the molecule is CC[C@@H]1OC(OC(c2cnc[nH]2)C(NC(=O)c2nc(C(CC(N)=O)NCC(N)C(N)=O)nc(N)c2C)C(=O)NC(C)C(O)C(C)C(=O)NC(C(=O)NCCc2nc(-c3nc(C(=O)NCCCCN=C(N)N)cs3)cs2)C(C)O)[C@@H](O[C@H]2O[C@H](CO)[C@@H](O)[C@H](OC(N)=O)[C@@H]2O)[C@@H](C)[C@@H]1C. The minimum atomic E-state index is -1.98. The number of ether oxygens (including phenoxy) is 5. The van der Waals surface area contributed by atoms with Gasteiger partial charge in [0.2, 0.25) is 29.5 Å². The van der Waals surface area contributed by atoms with Gasteiger partial charge in [-0.25, -0.2) is 29.7 Å². The Bertz CT molecular complexity index is 3380. The molecule has 542 valence electrons. The molecule has 0 aromatic carbocycles. The van der Waals surface area contributed by atoms with E-state index in [2.05, 4.69) is 66.8 Å². The van der Waals surface area contributed by atoms with Crippen molar-refractivity contribution in [1.29, 1.82) is 0 Å². The molecule has 4 aromatic rings. The number of aliphatic imine (C=N–C) groups is 1. The van der Waals surface area contributed by atoms with Gasteiger partial charge in [-0.3, -0.25) is 38.6 Å². The first kappa shape index (κ1) is 78.7. The van der Waals surface area contributed by atoms with E-state index in [1.54, 1.807) is 17.7 Å². The average molecular weight is 1420 g/mol. The van der Waals surface area contributed by atoms with E-state index < -0.39 is 170 Å². The van der Waals surface area contributed by atoms with Crippen LogP contribution < -0.4 is 72.0 Å². The van der Waals surface area contributed by atoms with E-state index in [9.17, 15) is 54.3 Å². The molecule has 8 amide bonds. The van der Waals surface area contributed by atoms with Gasteiger partial charge in [-0.2, -0.15) is 0 Å². The molecule has 2 aliphatic rings. The van der Waals surface area contributed by atoms with Gasteiger partial charge < -0.3 is 126 Å². The molecular formula is C58H90N20O18S2. The van der Waals surface area contributed by atoms with E-state index in [-0.39, 0.29) is 65.9 Å². The van der Waals surface area contributed by atoms with Crippen LogP contribution in [0.15, 0.2) is 28.3 Å². The van der Waals surface area contributed by atoms with E-state index >= 15 is 9.59 Å². The summed E-state index contributed by atoms with van der Waals surface area (Å²) in [7, 11) is 0. The van der Waals surface area contributed by atoms with Crippen molar-refractivity contribution in [2.24, 2.45) is 57.1 Å². The van der Waals surface area contributed by atoms with E-state index in [1.165, 1.54) is 62.9 Å². The Morgan fingerprint density at radius 3 is 2.15 bits per heavy atom. The lowest BCUT2D eigenvalue weighted by atomic mass is 9.82. The third kappa shape index (κ3) is 21.1. The Labute approximate surface area is 570 Å². The van der Waals surface area contributed by atoms with E-state index in [4.69, 9.17) is 63.8 Å². The van der Waals surface area contributed by atoms with Crippen LogP contribution >= 0.6 is 22.7 Å². The number of thiazole rings is 2. The van der Waals surface area contributed by atoms with Crippen LogP contribution in [0, 0.1) is 24.7 Å². The monoisotopic (exact) mass is 1420 g/mol. The lowest BCUT2D eigenvalue weighted by molar-refractivity contribution is -0.360. The Morgan fingerprint density at radius 1 is 0.806 bits per heavy atom. The number of nitrogen functional groups attached to an aromatic ring is 1. The number of imidazole rings is 1. The molecule has 2 fully saturated rings. The average Bonchev–Trinajstić information content (AvgIpc) is 0.835. The number of H-pyrrole nitrogens is 1. The van der Waals surface area contributed by atoms with Gasteiger partial charge in [0, 0.05) is 55.3 Å². The third-order valence-corrected chi connectivity index (χ3v) is 18.3. The molecule has 0 radical (unpaired) electrons. The summed E-state index contributed by atoms with van der Waals surface area (Å²) in [6.45, 7) is 10.4. The molecule has 40 heteroatoms. The molecule has 6 heterocycles. The fraction of sp³-hybridized carbons (Fsp3) is 0.621. The summed E-state index contributed by atoms with van der Waals surface area (Å²) in [5.74, 6) is -9.05. The second kappa shape index (κ2) is 36.5. The molecule has 19 atom stereocenters. The summed E-state index contributed by atoms with van der Waals surface area (Å²) in [6.07, 6.45) is -14.8. The first-order valence-electron chi connectivity index (χ1n) is 31.4. The standard InChI is InChI=1S/C58H90N20O18S2/c1-8-33-22(2)23(3)43(94-55-42(84)45(96-58(65)91)41(83)34(18-79)93-55)56(92-33)95-44(30-17-66-21-71-30)39(77-52(89)37-24(4)46(61)78-48(75-37)29(15-35(60)81)70-16-28(59)47(62)85)53(90)72-26(6)40(82)25(5)49(86)76-38(27(7)80)51(88)68-14-11-36-73-32(20-97-36)54-74-31(19-98-54)50(87)67-12-9-10-13-69-57(63)64/h17,19-23,25-29,33-34,38-45,55-56,70,79-80,82-84H,8-16,18,59H2,1-7H3,(H2,60,81)(H2,62,85)(H2,65,91)(H,66,71)(H,67,87)(H,68,88)(H,72,90)(H,76,86)(H,77,89)(H2,61,75,78)(H4,63,64,69)/t22-,23-,25?,26?,27?,28?,29?,33-,34+,38?,39?,40?,41+,42-,43-,44?,45-,55+,56?/m0/s1. The first-order valence-corrected chi connectivity index (χ1v) is 33.1. The van der Waals surface area contributed by atoms with Crippen LogP contribution in [0.5, 0.6) is 0 Å². The number of carbonyl (C=O) groups is 8. The van der Waals surface area contributed by atoms with Gasteiger partial charge in [0.15, 0.2) is 24.6 Å². The van der Waals surface area contributed by atoms with Gasteiger partial charge in [0.25, 0.3) is 11.8 Å². The summed E-state index contributed by atoms with van der Waals surface area (Å²) in [4.78, 5) is 136. The van der Waals surface area contributed by atoms with E-state index in [1.807, 2.05) is 13.8 Å². The van der Waals surface area contributed by atoms with Crippen molar-refractivity contribution in [3.8, 4) is 10.7 Å². The van der Waals surface area contributed by atoms with Gasteiger partial charge >= 0.3 is 6.09 Å². The van der Waals surface area contributed by atoms with Crippen LogP contribution in [0.3, 0.4) is 0 Å². The molecule has 38 nitrogen and oxygen atoms in total. The normalized spacial score (nSPS) is 23.6. The van der Waals surface area contributed by atoms with Crippen LogP contribution in [0.1, 0.15) is 122 Å². The number of nitrogens with zero attached hydrogens (tertiary/aromatic N) is 6. The predicted octanol–water partition coefficient (Wildman–Crippen LogP) is -4.95. The molecule has 0 bridgehead atoms. The highest BCUT2D eigenvalue weighted by atomic mass is 32.1. The maximum atomic E-state index is 15.3. The Balaban J connectivity index is 1.24. The number of aromatic nitrogens is 6. The van der Waals surface area contributed by atoms with Crippen LogP contribution in [0.4, 0.5) is 10.6 Å². The zero-order valence-corrected chi connectivity index (χ0v) is 56.6. The van der Waals surface area contributed by atoms with Crippen molar-refractivity contribution < 1.29 is 87.6 Å². The number of aliphatic hydroxyl groups is 5. The second-order valence-corrected chi connectivity index (χ2v) is 25.6. The van der Waals surface area contributed by atoms with Crippen LogP contribution in [0.2, 0.25) is 0 Å². The molecule has 0 aliphatic carbocycles. The zero-order chi connectivity index (χ0) is 72.4. The number of unbranched alkanes of at least 4 members (excludes halogenated alkanes) is 1. The number of amides is 8. The van der Waals surface area contributed by atoms with E-state index in [0.29, 0.717) is 48.1 Å². The minimum Gasteiger partial charge on any atom is -0.441 e. The van der Waals surface area contributed by atoms with E-state index in [0.717, 1.165) is 0 Å². The van der Waals surface area contributed by atoms with Gasteiger partial charge in [-0.05, 0) is 51.9 Å². The summed E-state index contributed by atoms with van der Waals surface area (Å²) in [6, 6.07) is -7.42. The van der Waals surface area contributed by atoms with Crippen LogP contribution in [0.25, 0.3) is 10.7 Å². The third-order valence-electron chi connectivity index (χ3n) is 16.5. The predicted molar refractivity (Wildman–Crippen MR) is 350 cm³/mol. The molecule has 10 unspecified atom stereocenters. The Morgan fingerprint density at radius 2 is 1.52 bits per heavy atom. The second-order valence-electron chi connectivity index (χ2n) is 23.8. The number of nitrogens with two attached hydrogens (primary N) is 7. The molecule has 2 saturated heterocycles. The van der Waals surface area contributed by atoms with Crippen molar-refractivity contribution in [3.05, 3.63) is 56.8 Å². The van der Waals surface area contributed by atoms with Gasteiger partial charge in [0.1, 0.15) is 76.3 Å². The Hall–Kier alpha value is -8.26. The highest BCUT2D eigenvalue weighted by molar-refractivity contribution is 7.14. The van der Waals surface area contributed by atoms with Crippen molar-refractivity contribution in [2.45, 2.75) is 178 Å². The quantitative estimate of drug-likeness (QED) is 0.0115. The number of rotatable bonds is 36.